The van der Waals surface area contributed by atoms with Crippen LogP contribution in [-0.2, 0) is 16.1 Å². The fourth-order valence-electron chi connectivity index (χ4n) is 2.58. The van der Waals surface area contributed by atoms with Crippen molar-refractivity contribution in [3.05, 3.63) is 48.0 Å². The van der Waals surface area contributed by atoms with Gasteiger partial charge in [0.1, 0.15) is 11.9 Å². The molecule has 1 fully saturated rings. The summed E-state index contributed by atoms with van der Waals surface area (Å²) in [5.74, 6) is 0.381. The molecule has 0 aliphatic carbocycles. The number of pyridine rings is 1. The first-order chi connectivity index (χ1) is 12.6. The quantitative estimate of drug-likeness (QED) is 0.798. The Balaban J connectivity index is 1.47. The molecule has 138 valence electrons. The van der Waals surface area contributed by atoms with Gasteiger partial charge in [-0.25, -0.2) is 4.98 Å². The van der Waals surface area contributed by atoms with Gasteiger partial charge in [-0.3, -0.25) is 9.59 Å². The van der Waals surface area contributed by atoms with E-state index in [1.54, 1.807) is 25.3 Å². The van der Waals surface area contributed by atoms with Crippen LogP contribution < -0.4 is 15.5 Å². The van der Waals surface area contributed by atoms with E-state index in [-0.39, 0.29) is 11.7 Å². The Morgan fingerprint density at radius 2 is 2.08 bits per heavy atom. The molecule has 8 nitrogen and oxygen atoms in total. The molecule has 1 atom stereocenters. The summed E-state index contributed by atoms with van der Waals surface area (Å²) >= 11 is 0. The number of hydrogen-bond acceptors (Lipinski definition) is 6. The van der Waals surface area contributed by atoms with Crippen LogP contribution in [0.5, 0.6) is 0 Å². The maximum absolute atomic E-state index is 12.1. The SMILES string of the molecule is CC(NC(=O)c1ccco1)C(=O)NCc1ccc(N2CCOCC2)nc1. The second kappa shape index (κ2) is 8.48. The molecule has 0 spiro atoms. The Hall–Kier alpha value is -2.87. The first-order valence-electron chi connectivity index (χ1n) is 8.53. The third-order valence-corrected chi connectivity index (χ3v) is 4.10. The molecule has 1 aliphatic heterocycles. The van der Waals surface area contributed by atoms with Gasteiger partial charge in [0.2, 0.25) is 5.91 Å². The molecule has 1 saturated heterocycles. The number of anilines is 1. The predicted octanol–water partition coefficient (Wildman–Crippen LogP) is 0.946. The molecule has 0 bridgehead atoms. The van der Waals surface area contributed by atoms with Gasteiger partial charge in [0, 0.05) is 25.8 Å². The van der Waals surface area contributed by atoms with E-state index in [0.29, 0.717) is 19.8 Å². The van der Waals surface area contributed by atoms with Gasteiger partial charge in [0.25, 0.3) is 5.91 Å². The van der Waals surface area contributed by atoms with Crippen LogP contribution in [0.25, 0.3) is 0 Å². The summed E-state index contributed by atoms with van der Waals surface area (Å²) in [6.45, 7) is 5.04. The van der Waals surface area contributed by atoms with Crippen LogP contribution in [0.15, 0.2) is 41.1 Å². The van der Waals surface area contributed by atoms with E-state index in [9.17, 15) is 9.59 Å². The molecule has 2 aromatic rings. The molecule has 0 radical (unpaired) electrons. The molecule has 8 heteroatoms. The van der Waals surface area contributed by atoms with Gasteiger partial charge in [0.05, 0.1) is 19.5 Å². The number of hydrogen-bond donors (Lipinski definition) is 2. The summed E-state index contributed by atoms with van der Waals surface area (Å²) in [6.07, 6.45) is 3.16. The molecule has 2 amide bonds. The number of nitrogens with zero attached hydrogens (tertiary/aromatic N) is 2. The smallest absolute Gasteiger partial charge is 0.287 e. The highest BCUT2D eigenvalue weighted by atomic mass is 16.5. The van der Waals surface area contributed by atoms with Crippen molar-refractivity contribution in [2.75, 3.05) is 31.2 Å². The zero-order valence-corrected chi connectivity index (χ0v) is 14.6. The molecule has 2 N–H and O–H groups in total. The lowest BCUT2D eigenvalue weighted by molar-refractivity contribution is -0.122. The highest BCUT2D eigenvalue weighted by Crippen LogP contribution is 2.13. The maximum Gasteiger partial charge on any atom is 0.287 e. The van der Waals surface area contributed by atoms with E-state index in [4.69, 9.17) is 9.15 Å². The normalized spacial score (nSPS) is 15.3. The third kappa shape index (κ3) is 4.60. The lowest BCUT2D eigenvalue weighted by Gasteiger charge is -2.27. The van der Waals surface area contributed by atoms with E-state index in [0.717, 1.165) is 24.5 Å². The Labute approximate surface area is 151 Å². The van der Waals surface area contributed by atoms with Crippen molar-refractivity contribution in [1.82, 2.24) is 15.6 Å². The molecule has 3 rings (SSSR count). The van der Waals surface area contributed by atoms with Crippen molar-refractivity contribution in [3.63, 3.8) is 0 Å². The monoisotopic (exact) mass is 358 g/mol. The van der Waals surface area contributed by atoms with Gasteiger partial charge in [-0.15, -0.1) is 0 Å². The van der Waals surface area contributed by atoms with Crippen molar-refractivity contribution in [2.24, 2.45) is 0 Å². The number of ether oxygens (including phenoxy) is 1. The first kappa shape index (κ1) is 17.9. The van der Waals surface area contributed by atoms with Crippen LogP contribution in [0.4, 0.5) is 5.82 Å². The van der Waals surface area contributed by atoms with Gasteiger partial charge < -0.3 is 24.7 Å². The second-order valence-corrected chi connectivity index (χ2v) is 6.01. The molecule has 26 heavy (non-hydrogen) atoms. The van der Waals surface area contributed by atoms with Gasteiger partial charge in [-0.1, -0.05) is 6.07 Å². The molecular formula is C18H22N4O4. The summed E-state index contributed by atoms with van der Waals surface area (Å²) in [7, 11) is 0. The Kier molecular flexibility index (Phi) is 5.85. The van der Waals surface area contributed by atoms with E-state index in [1.165, 1.54) is 6.26 Å². The first-order valence-corrected chi connectivity index (χ1v) is 8.53. The van der Waals surface area contributed by atoms with Crippen molar-refractivity contribution in [3.8, 4) is 0 Å². The topological polar surface area (TPSA) is 96.7 Å². The van der Waals surface area contributed by atoms with Crippen molar-refractivity contribution >= 4 is 17.6 Å². The number of morpholine rings is 1. The van der Waals surface area contributed by atoms with Crippen molar-refractivity contribution in [2.45, 2.75) is 19.5 Å². The highest BCUT2D eigenvalue weighted by Gasteiger charge is 2.18. The fraction of sp³-hybridized carbons (Fsp3) is 0.389. The van der Waals surface area contributed by atoms with E-state index < -0.39 is 11.9 Å². The largest absolute Gasteiger partial charge is 0.459 e. The zero-order valence-electron chi connectivity index (χ0n) is 14.6. The number of amides is 2. The van der Waals surface area contributed by atoms with Crippen LogP contribution in [0.1, 0.15) is 23.0 Å². The molecule has 3 heterocycles. The molecule has 2 aromatic heterocycles. The maximum atomic E-state index is 12.1. The average Bonchev–Trinajstić information content (AvgIpc) is 3.22. The van der Waals surface area contributed by atoms with Crippen LogP contribution in [0.2, 0.25) is 0 Å². The minimum Gasteiger partial charge on any atom is -0.459 e. The fourth-order valence-corrected chi connectivity index (χ4v) is 2.58. The third-order valence-electron chi connectivity index (χ3n) is 4.10. The van der Waals surface area contributed by atoms with Crippen molar-refractivity contribution in [1.29, 1.82) is 0 Å². The minimum atomic E-state index is -0.673. The van der Waals surface area contributed by atoms with Crippen molar-refractivity contribution < 1.29 is 18.7 Å². The summed E-state index contributed by atoms with van der Waals surface area (Å²) in [5, 5.41) is 5.38. The van der Waals surface area contributed by atoms with Gasteiger partial charge in [-0.05, 0) is 30.7 Å². The lowest BCUT2D eigenvalue weighted by Crippen LogP contribution is -2.44. The van der Waals surface area contributed by atoms with Crippen LogP contribution in [0.3, 0.4) is 0 Å². The molecule has 0 saturated carbocycles. The van der Waals surface area contributed by atoms with E-state index in [2.05, 4.69) is 20.5 Å². The molecule has 0 aromatic carbocycles. The summed E-state index contributed by atoms with van der Waals surface area (Å²) in [6, 6.07) is 6.36. The Morgan fingerprint density at radius 3 is 2.73 bits per heavy atom. The average molecular weight is 358 g/mol. The van der Waals surface area contributed by atoms with Gasteiger partial charge in [-0.2, -0.15) is 0 Å². The zero-order chi connectivity index (χ0) is 18.4. The van der Waals surface area contributed by atoms with E-state index >= 15 is 0 Å². The van der Waals surface area contributed by atoms with Crippen LogP contribution in [-0.4, -0.2) is 49.1 Å². The van der Waals surface area contributed by atoms with Gasteiger partial charge >= 0.3 is 0 Å². The molecule has 1 unspecified atom stereocenters. The van der Waals surface area contributed by atoms with E-state index in [1.807, 2.05) is 12.1 Å². The number of furan rings is 1. The standard InChI is InChI=1S/C18H22N4O4/c1-13(21-18(24)15-3-2-8-26-15)17(23)20-12-14-4-5-16(19-11-14)22-6-9-25-10-7-22/h2-5,8,11,13H,6-7,9-10,12H2,1H3,(H,20,23)(H,21,24). The Morgan fingerprint density at radius 1 is 1.27 bits per heavy atom. The minimum absolute atomic E-state index is 0.174. The summed E-state index contributed by atoms with van der Waals surface area (Å²) in [5.41, 5.74) is 0.889. The van der Waals surface area contributed by atoms with Crippen LogP contribution in [0, 0.1) is 0 Å². The number of nitrogens with one attached hydrogen (secondary N) is 2. The lowest BCUT2D eigenvalue weighted by atomic mass is 10.2. The predicted molar refractivity (Wildman–Crippen MR) is 94.8 cm³/mol. The second-order valence-electron chi connectivity index (χ2n) is 6.01. The number of aromatic nitrogens is 1. The van der Waals surface area contributed by atoms with Gasteiger partial charge in [0.15, 0.2) is 5.76 Å². The van der Waals surface area contributed by atoms with Crippen LogP contribution >= 0.6 is 0 Å². The summed E-state index contributed by atoms with van der Waals surface area (Å²) < 4.78 is 10.3. The highest BCUT2D eigenvalue weighted by molar-refractivity contribution is 5.95. The number of carbonyl (C=O) groups is 2. The number of rotatable bonds is 6. The molecule has 1 aliphatic rings. The number of carbonyl (C=O) groups excluding carboxylic acids is 2. The molecular weight excluding hydrogens is 336 g/mol. The Bertz CT molecular complexity index is 724. The summed E-state index contributed by atoms with van der Waals surface area (Å²) in [4.78, 5) is 30.6.